The molecule has 0 radical (unpaired) electrons. The van der Waals surface area contributed by atoms with E-state index in [1.807, 2.05) is 0 Å². The first-order valence-electron chi connectivity index (χ1n) is 13.8. The van der Waals surface area contributed by atoms with Gasteiger partial charge in [0.2, 0.25) is 5.75 Å². The molecule has 1 saturated carbocycles. The van der Waals surface area contributed by atoms with E-state index in [1.165, 1.54) is 39.1 Å². The van der Waals surface area contributed by atoms with E-state index < -0.39 is 35.8 Å². The summed E-state index contributed by atoms with van der Waals surface area (Å²) in [6, 6.07) is 1.47. The summed E-state index contributed by atoms with van der Waals surface area (Å²) in [5, 5.41) is 0. The van der Waals surface area contributed by atoms with Crippen LogP contribution in [-0.4, -0.2) is 61.2 Å². The van der Waals surface area contributed by atoms with Crippen molar-refractivity contribution in [2.45, 2.75) is 84.8 Å². The van der Waals surface area contributed by atoms with Crippen LogP contribution < -0.4 is 9.47 Å². The predicted molar refractivity (Wildman–Crippen MR) is 140 cm³/mol. The average Bonchev–Trinajstić information content (AvgIpc) is 3.40. The molecule has 2 aliphatic rings. The van der Waals surface area contributed by atoms with E-state index in [0.29, 0.717) is 18.9 Å². The van der Waals surface area contributed by atoms with E-state index in [9.17, 15) is 19.2 Å². The Kier molecular flexibility index (Phi) is 11.3. The number of Topliss-reactive ketones (excluding diaryl/α,β-unsaturated/α-hetero) is 1. The van der Waals surface area contributed by atoms with Crippen molar-refractivity contribution >= 4 is 23.7 Å². The largest absolute Gasteiger partial charge is 0.493 e. The van der Waals surface area contributed by atoms with Crippen molar-refractivity contribution in [1.29, 1.82) is 0 Å². The number of ketones is 1. The zero-order chi connectivity index (χ0) is 28.5. The Morgan fingerprint density at radius 3 is 2.51 bits per heavy atom. The molecule has 39 heavy (non-hydrogen) atoms. The number of esters is 3. The van der Waals surface area contributed by atoms with Gasteiger partial charge in [-0.25, -0.2) is 4.98 Å². The smallest absolute Gasteiger partial charge is 0.312 e. The van der Waals surface area contributed by atoms with Crippen LogP contribution in [0.5, 0.6) is 11.5 Å². The minimum atomic E-state index is -0.925. The highest BCUT2D eigenvalue weighted by atomic mass is 16.6. The van der Waals surface area contributed by atoms with Gasteiger partial charge in [-0.2, -0.15) is 0 Å². The first kappa shape index (κ1) is 30.5. The Balaban J connectivity index is 1.79. The number of nitrogens with zero attached hydrogens (tertiary/aromatic N) is 1. The maximum Gasteiger partial charge on any atom is 0.312 e. The molecule has 2 heterocycles. The number of rotatable bonds is 9. The Hall–Kier alpha value is -3.01. The summed E-state index contributed by atoms with van der Waals surface area (Å²) >= 11 is 0. The summed E-state index contributed by atoms with van der Waals surface area (Å²) < 4.78 is 28.0. The quantitative estimate of drug-likeness (QED) is 0.326. The van der Waals surface area contributed by atoms with Gasteiger partial charge in [0.1, 0.15) is 12.2 Å². The zero-order valence-electron chi connectivity index (χ0n) is 23.6. The molecule has 216 valence electrons. The molecule has 2 fully saturated rings. The lowest BCUT2D eigenvalue weighted by atomic mass is 9.85. The Bertz CT molecular complexity index is 1020. The molecule has 1 aromatic heterocycles. The minimum Gasteiger partial charge on any atom is -0.493 e. The fraction of sp³-hybridized carbons (Fsp3) is 0.690. The fourth-order valence-corrected chi connectivity index (χ4v) is 5.31. The van der Waals surface area contributed by atoms with Crippen molar-refractivity contribution in [3.63, 3.8) is 0 Å². The van der Waals surface area contributed by atoms with Crippen molar-refractivity contribution < 1.29 is 42.9 Å². The lowest BCUT2D eigenvalue weighted by molar-refractivity contribution is -0.180. The van der Waals surface area contributed by atoms with Gasteiger partial charge in [-0.1, -0.05) is 39.5 Å². The van der Waals surface area contributed by atoms with Crippen LogP contribution in [0.15, 0.2) is 12.3 Å². The molecule has 1 aliphatic heterocycles. The number of carbonyl (C=O) groups is 4. The summed E-state index contributed by atoms with van der Waals surface area (Å²) in [6.07, 6.45) is 5.99. The number of carbonyl (C=O) groups excluding carboxylic acids is 4. The molecule has 0 spiro atoms. The Morgan fingerprint density at radius 2 is 1.87 bits per heavy atom. The van der Waals surface area contributed by atoms with Gasteiger partial charge >= 0.3 is 17.9 Å². The van der Waals surface area contributed by atoms with Crippen LogP contribution in [0.25, 0.3) is 0 Å². The van der Waals surface area contributed by atoms with Crippen LogP contribution in [0.1, 0.15) is 83.1 Å². The Labute approximate surface area is 230 Å². The first-order chi connectivity index (χ1) is 18.6. The number of cyclic esters (lactones) is 1. The normalized spacial score (nSPS) is 24.6. The number of ether oxygens (including phenoxy) is 5. The van der Waals surface area contributed by atoms with Gasteiger partial charge in [0.15, 0.2) is 17.2 Å². The third-order valence-electron chi connectivity index (χ3n) is 7.38. The highest BCUT2D eigenvalue weighted by Crippen LogP contribution is 2.36. The standard InChI is InChI=1S/C29H41NO9/c1-17(2)28(33)39-26-18(3)37-29(34)22(16-36-13-11-21(26)14-20-8-6-7-9-20)15-23(32)25-27(38-19(4)31)24(35-5)10-12-30-25/h10,12,17-18,20-22,26H,6-9,11,13-16H2,1-5H3/t18-,21+,22-,26-/m0/s1. The molecule has 4 atom stereocenters. The summed E-state index contributed by atoms with van der Waals surface area (Å²) in [7, 11) is 1.38. The van der Waals surface area contributed by atoms with Gasteiger partial charge in [-0.3, -0.25) is 19.2 Å². The molecule has 10 nitrogen and oxygen atoms in total. The molecule has 0 amide bonds. The molecule has 0 N–H and O–H groups in total. The second kappa shape index (κ2) is 14.4. The number of pyridine rings is 1. The molecule has 1 saturated heterocycles. The topological polar surface area (TPSA) is 127 Å². The van der Waals surface area contributed by atoms with Gasteiger partial charge in [0.05, 0.1) is 25.6 Å². The third-order valence-corrected chi connectivity index (χ3v) is 7.38. The van der Waals surface area contributed by atoms with Crippen LogP contribution in [-0.2, 0) is 28.6 Å². The number of hydrogen-bond donors (Lipinski definition) is 0. The van der Waals surface area contributed by atoms with Crippen LogP contribution in [0.3, 0.4) is 0 Å². The number of methoxy groups -OCH3 is 1. The van der Waals surface area contributed by atoms with Crippen molar-refractivity contribution in [3.05, 3.63) is 18.0 Å². The van der Waals surface area contributed by atoms with Crippen LogP contribution >= 0.6 is 0 Å². The van der Waals surface area contributed by atoms with Crippen LogP contribution in [0.4, 0.5) is 0 Å². The highest BCUT2D eigenvalue weighted by molar-refractivity contribution is 6.00. The monoisotopic (exact) mass is 547 g/mol. The van der Waals surface area contributed by atoms with Gasteiger partial charge in [0.25, 0.3) is 0 Å². The fourth-order valence-electron chi connectivity index (χ4n) is 5.31. The molecule has 0 unspecified atom stereocenters. The average molecular weight is 548 g/mol. The maximum atomic E-state index is 13.3. The summed E-state index contributed by atoms with van der Waals surface area (Å²) in [6.45, 7) is 6.82. The van der Waals surface area contributed by atoms with Crippen LogP contribution in [0.2, 0.25) is 0 Å². The van der Waals surface area contributed by atoms with E-state index in [-0.39, 0.29) is 48.0 Å². The van der Waals surface area contributed by atoms with E-state index in [4.69, 9.17) is 23.7 Å². The van der Waals surface area contributed by atoms with Crippen molar-refractivity contribution in [2.75, 3.05) is 20.3 Å². The van der Waals surface area contributed by atoms with Crippen molar-refractivity contribution in [3.8, 4) is 11.5 Å². The molecule has 0 bridgehead atoms. The van der Waals surface area contributed by atoms with Gasteiger partial charge in [-0.05, 0) is 25.7 Å². The van der Waals surface area contributed by atoms with Gasteiger partial charge < -0.3 is 23.7 Å². The second-order valence-corrected chi connectivity index (χ2v) is 10.8. The summed E-state index contributed by atoms with van der Waals surface area (Å²) in [5.41, 5.74) is -0.122. The summed E-state index contributed by atoms with van der Waals surface area (Å²) in [5.74, 6) is -2.77. The lowest BCUT2D eigenvalue weighted by Crippen LogP contribution is -2.43. The van der Waals surface area contributed by atoms with E-state index >= 15 is 0 Å². The second-order valence-electron chi connectivity index (χ2n) is 10.8. The Morgan fingerprint density at radius 1 is 1.15 bits per heavy atom. The zero-order valence-corrected chi connectivity index (χ0v) is 23.6. The molecule has 10 heteroatoms. The molecule has 1 aromatic rings. The highest BCUT2D eigenvalue weighted by Gasteiger charge is 2.38. The third kappa shape index (κ3) is 8.49. The number of aromatic nitrogens is 1. The van der Waals surface area contributed by atoms with Crippen LogP contribution in [0, 0.1) is 23.7 Å². The SMILES string of the molecule is COc1ccnc(C(=O)C[C@H]2COCC[C@H](CC3CCCC3)[C@@H](OC(=O)C(C)C)[C@H](C)OC2=O)c1OC(C)=O. The summed E-state index contributed by atoms with van der Waals surface area (Å²) in [4.78, 5) is 54.9. The molecule has 1 aliphatic carbocycles. The number of hydrogen-bond acceptors (Lipinski definition) is 10. The van der Waals surface area contributed by atoms with E-state index in [2.05, 4.69) is 4.98 Å². The molecular formula is C29H41NO9. The van der Waals surface area contributed by atoms with Gasteiger partial charge in [0, 0.05) is 38.1 Å². The van der Waals surface area contributed by atoms with E-state index in [0.717, 1.165) is 19.3 Å². The first-order valence-corrected chi connectivity index (χ1v) is 13.8. The molecule has 3 rings (SSSR count). The van der Waals surface area contributed by atoms with Crippen molar-refractivity contribution in [1.82, 2.24) is 4.98 Å². The predicted octanol–water partition coefficient (Wildman–Crippen LogP) is 4.32. The van der Waals surface area contributed by atoms with E-state index in [1.54, 1.807) is 20.8 Å². The maximum absolute atomic E-state index is 13.3. The van der Waals surface area contributed by atoms with Crippen molar-refractivity contribution in [2.24, 2.45) is 23.7 Å². The molecular weight excluding hydrogens is 506 g/mol. The minimum absolute atomic E-state index is 0.0101. The molecule has 0 aromatic carbocycles. The lowest BCUT2D eigenvalue weighted by Gasteiger charge is -2.35. The van der Waals surface area contributed by atoms with Gasteiger partial charge in [-0.15, -0.1) is 0 Å².